The molecule has 0 radical (unpaired) electrons. The Morgan fingerprint density at radius 3 is 2.74 bits per heavy atom. The van der Waals surface area contributed by atoms with Gasteiger partial charge >= 0.3 is 6.09 Å². The highest BCUT2D eigenvalue weighted by atomic mass is 16.5. The van der Waals surface area contributed by atoms with E-state index in [4.69, 9.17) is 4.74 Å². The molecule has 0 spiro atoms. The Hall–Kier alpha value is -1.77. The van der Waals surface area contributed by atoms with E-state index in [0.717, 1.165) is 18.4 Å². The number of hydrogen-bond donors (Lipinski definition) is 1. The molecule has 0 aromatic heterocycles. The van der Waals surface area contributed by atoms with Gasteiger partial charge in [0.1, 0.15) is 6.61 Å². The Balaban J connectivity index is 2.27. The van der Waals surface area contributed by atoms with Gasteiger partial charge in [-0.3, -0.25) is 0 Å². The molecule has 0 aliphatic rings. The van der Waals surface area contributed by atoms with Crippen LogP contribution in [0, 0.1) is 0 Å². The summed E-state index contributed by atoms with van der Waals surface area (Å²) in [4.78, 5) is 11.6. The summed E-state index contributed by atoms with van der Waals surface area (Å²) in [6.45, 7) is 6.20. The van der Waals surface area contributed by atoms with E-state index in [1.807, 2.05) is 30.3 Å². The van der Waals surface area contributed by atoms with Gasteiger partial charge in [0, 0.05) is 0 Å². The third kappa shape index (κ3) is 6.65. The summed E-state index contributed by atoms with van der Waals surface area (Å²) < 4.78 is 5.17. The van der Waals surface area contributed by atoms with Crippen molar-refractivity contribution in [2.75, 3.05) is 0 Å². The van der Waals surface area contributed by atoms with Gasteiger partial charge in [-0.1, -0.05) is 62.6 Å². The fourth-order valence-electron chi connectivity index (χ4n) is 1.78. The third-order valence-electron chi connectivity index (χ3n) is 2.92. The zero-order valence-corrected chi connectivity index (χ0v) is 11.6. The maximum Gasteiger partial charge on any atom is 0.407 e. The van der Waals surface area contributed by atoms with Crippen molar-refractivity contribution in [1.29, 1.82) is 0 Å². The predicted molar refractivity (Wildman–Crippen MR) is 77.9 cm³/mol. The van der Waals surface area contributed by atoms with Crippen LogP contribution in [0.4, 0.5) is 4.79 Å². The number of amides is 1. The maximum atomic E-state index is 11.6. The number of hydrogen-bond acceptors (Lipinski definition) is 2. The zero-order valence-electron chi connectivity index (χ0n) is 11.6. The normalized spacial score (nSPS) is 11.6. The highest BCUT2D eigenvalue weighted by Crippen LogP contribution is 2.05. The fraction of sp³-hybridized carbons (Fsp3) is 0.438. The van der Waals surface area contributed by atoms with E-state index in [2.05, 4.69) is 18.8 Å². The Morgan fingerprint density at radius 2 is 2.11 bits per heavy atom. The van der Waals surface area contributed by atoms with Crippen LogP contribution in [0.2, 0.25) is 0 Å². The molecular formula is C16H23NO2. The Morgan fingerprint density at radius 1 is 1.37 bits per heavy atom. The van der Waals surface area contributed by atoms with Gasteiger partial charge in [-0.2, -0.15) is 0 Å². The molecule has 0 saturated carbocycles. The van der Waals surface area contributed by atoms with Crippen molar-refractivity contribution < 1.29 is 9.53 Å². The standard InChI is InChI=1S/C16H23NO2/c1-3-5-7-12-15(4-2)17-16(18)19-13-14-10-8-6-9-11-14/h4,6,8-11,15H,2-3,5,7,12-13H2,1H3,(H,17,18). The van der Waals surface area contributed by atoms with Crippen LogP contribution in [0.3, 0.4) is 0 Å². The first-order valence-corrected chi connectivity index (χ1v) is 6.86. The molecule has 0 aliphatic carbocycles. The van der Waals surface area contributed by atoms with Gasteiger partial charge in [-0.25, -0.2) is 4.79 Å². The van der Waals surface area contributed by atoms with E-state index in [1.165, 1.54) is 12.8 Å². The summed E-state index contributed by atoms with van der Waals surface area (Å²) in [6.07, 6.45) is 5.72. The molecule has 1 rings (SSSR count). The second-order valence-electron chi connectivity index (χ2n) is 4.54. The molecule has 19 heavy (non-hydrogen) atoms. The summed E-state index contributed by atoms with van der Waals surface area (Å²) in [5, 5.41) is 2.82. The summed E-state index contributed by atoms with van der Waals surface area (Å²) in [7, 11) is 0. The lowest BCUT2D eigenvalue weighted by Gasteiger charge is -2.14. The van der Waals surface area contributed by atoms with Gasteiger partial charge in [0.15, 0.2) is 0 Å². The van der Waals surface area contributed by atoms with Crippen LogP contribution in [0.25, 0.3) is 0 Å². The van der Waals surface area contributed by atoms with Crippen LogP contribution < -0.4 is 5.32 Å². The molecule has 0 aliphatic heterocycles. The molecule has 0 saturated heterocycles. The second-order valence-corrected chi connectivity index (χ2v) is 4.54. The first kappa shape index (κ1) is 15.3. The average molecular weight is 261 g/mol. The summed E-state index contributed by atoms with van der Waals surface area (Å²) >= 11 is 0. The smallest absolute Gasteiger partial charge is 0.407 e. The summed E-state index contributed by atoms with van der Waals surface area (Å²) in [5.41, 5.74) is 0.985. The third-order valence-corrected chi connectivity index (χ3v) is 2.92. The molecule has 3 heteroatoms. The van der Waals surface area contributed by atoms with E-state index < -0.39 is 0 Å². The quantitative estimate of drug-likeness (QED) is 0.566. The molecule has 1 unspecified atom stereocenters. The minimum atomic E-state index is -0.384. The molecular weight excluding hydrogens is 238 g/mol. The first-order valence-electron chi connectivity index (χ1n) is 6.86. The number of carbonyl (C=O) groups excluding carboxylic acids is 1. The molecule has 0 heterocycles. The fourth-order valence-corrected chi connectivity index (χ4v) is 1.78. The predicted octanol–water partition coefficient (Wildman–Crippen LogP) is 4.05. The highest BCUT2D eigenvalue weighted by molar-refractivity contribution is 5.67. The van der Waals surface area contributed by atoms with Crippen molar-refractivity contribution in [2.45, 2.75) is 45.3 Å². The van der Waals surface area contributed by atoms with Crippen LogP contribution in [-0.2, 0) is 11.3 Å². The maximum absolute atomic E-state index is 11.6. The SMILES string of the molecule is C=CC(CCCCC)NC(=O)OCc1ccccc1. The minimum absolute atomic E-state index is 0.00479. The molecule has 1 aromatic carbocycles. The van der Waals surface area contributed by atoms with Crippen molar-refractivity contribution in [1.82, 2.24) is 5.32 Å². The molecule has 0 fully saturated rings. The van der Waals surface area contributed by atoms with E-state index in [1.54, 1.807) is 6.08 Å². The summed E-state index contributed by atoms with van der Waals surface area (Å²) in [6, 6.07) is 9.64. The first-order chi connectivity index (χ1) is 9.26. The highest BCUT2D eigenvalue weighted by Gasteiger charge is 2.09. The number of benzene rings is 1. The van der Waals surface area contributed by atoms with Crippen LogP contribution in [0.1, 0.15) is 38.2 Å². The molecule has 0 bridgehead atoms. The van der Waals surface area contributed by atoms with E-state index in [9.17, 15) is 4.79 Å². The number of rotatable bonds is 8. The molecule has 1 aromatic rings. The largest absolute Gasteiger partial charge is 0.445 e. The Labute approximate surface area is 115 Å². The molecule has 1 amide bonds. The number of unbranched alkanes of at least 4 members (excludes halogenated alkanes) is 2. The van der Waals surface area contributed by atoms with Gasteiger partial charge in [0.2, 0.25) is 0 Å². The molecule has 1 N–H and O–H groups in total. The van der Waals surface area contributed by atoms with E-state index in [0.29, 0.717) is 6.61 Å². The number of ether oxygens (including phenoxy) is 1. The van der Waals surface area contributed by atoms with Crippen molar-refractivity contribution in [2.24, 2.45) is 0 Å². The van der Waals surface area contributed by atoms with Crippen molar-refractivity contribution in [3.8, 4) is 0 Å². The van der Waals surface area contributed by atoms with Crippen molar-refractivity contribution in [3.63, 3.8) is 0 Å². The molecule has 104 valence electrons. The van der Waals surface area contributed by atoms with E-state index in [-0.39, 0.29) is 12.1 Å². The zero-order chi connectivity index (χ0) is 13.9. The minimum Gasteiger partial charge on any atom is -0.445 e. The lowest BCUT2D eigenvalue weighted by Crippen LogP contribution is -2.33. The molecule has 1 atom stereocenters. The van der Waals surface area contributed by atoms with Crippen LogP contribution >= 0.6 is 0 Å². The lowest BCUT2D eigenvalue weighted by atomic mass is 10.1. The van der Waals surface area contributed by atoms with Gasteiger partial charge < -0.3 is 10.1 Å². The number of nitrogens with one attached hydrogen (secondary N) is 1. The Bertz CT molecular complexity index is 376. The summed E-state index contributed by atoms with van der Waals surface area (Å²) in [5.74, 6) is 0. The van der Waals surface area contributed by atoms with Crippen molar-refractivity contribution in [3.05, 3.63) is 48.6 Å². The number of carbonyl (C=O) groups is 1. The monoisotopic (exact) mass is 261 g/mol. The lowest BCUT2D eigenvalue weighted by molar-refractivity contribution is 0.137. The van der Waals surface area contributed by atoms with Gasteiger partial charge in [-0.05, 0) is 12.0 Å². The van der Waals surface area contributed by atoms with Gasteiger partial charge in [-0.15, -0.1) is 6.58 Å². The van der Waals surface area contributed by atoms with Crippen LogP contribution in [0.5, 0.6) is 0 Å². The van der Waals surface area contributed by atoms with Crippen molar-refractivity contribution >= 4 is 6.09 Å². The molecule has 3 nitrogen and oxygen atoms in total. The topological polar surface area (TPSA) is 38.3 Å². The van der Waals surface area contributed by atoms with Gasteiger partial charge in [0.25, 0.3) is 0 Å². The van der Waals surface area contributed by atoms with Gasteiger partial charge in [0.05, 0.1) is 6.04 Å². The Kier molecular flexibility index (Phi) is 7.40. The van der Waals surface area contributed by atoms with Crippen LogP contribution in [0.15, 0.2) is 43.0 Å². The second kappa shape index (κ2) is 9.20. The van der Waals surface area contributed by atoms with E-state index >= 15 is 0 Å². The number of alkyl carbamates (subject to hydrolysis) is 1. The average Bonchev–Trinajstić information content (AvgIpc) is 2.45. The van der Waals surface area contributed by atoms with Crippen LogP contribution in [-0.4, -0.2) is 12.1 Å².